The molecule has 0 fully saturated rings. The van der Waals surface area contributed by atoms with Crippen LogP contribution in [-0.4, -0.2) is 23.2 Å². The largest absolute Gasteiger partial charge is 0.339 e. The van der Waals surface area contributed by atoms with Gasteiger partial charge in [-0.15, -0.1) is 0 Å². The van der Waals surface area contributed by atoms with Crippen molar-refractivity contribution in [2.75, 3.05) is 7.05 Å². The van der Waals surface area contributed by atoms with E-state index < -0.39 is 0 Å². The molecule has 0 bridgehead atoms. The fourth-order valence-electron chi connectivity index (χ4n) is 2.17. The van der Waals surface area contributed by atoms with Crippen LogP contribution in [0.4, 0.5) is 0 Å². The first-order valence-corrected chi connectivity index (χ1v) is 7.70. The SMILES string of the molecule is CNC(Cc1nc(-c2ccc(Cl)c(Cl)c2)no1)CC(C)C. The summed E-state index contributed by atoms with van der Waals surface area (Å²) in [5.74, 6) is 1.76. The Morgan fingerprint density at radius 2 is 2.00 bits per heavy atom. The van der Waals surface area contributed by atoms with Crippen molar-refractivity contribution in [3.05, 3.63) is 34.1 Å². The molecule has 1 unspecified atom stereocenters. The van der Waals surface area contributed by atoms with Crippen molar-refractivity contribution in [3.63, 3.8) is 0 Å². The van der Waals surface area contributed by atoms with E-state index in [1.165, 1.54) is 0 Å². The van der Waals surface area contributed by atoms with Gasteiger partial charge >= 0.3 is 0 Å². The van der Waals surface area contributed by atoms with Crippen LogP contribution in [-0.2, 0) is 6.42 Å². The van der Waals surface area contributed by atoms with Gasteiger partial charge in [0.05, 0.1) is 10.0 Å². The Balaban J connectivity index is 2.11. The summed E-state index contributed by atoms with van der Waals surface area (Å²) < 4.78 is 5.33. The number of hydrogen-bond acceptors (Lipinski definition) is 4. The second-order valence-corrected chi connectivity index (χ2v) is 6.27. The summed E-state index contributed by atoms with van der Waals surface area (Å²) in [5, 5.41) is 8.28. The third kappa shape index (κ3) is 4.43. The molecular weight excluding hydrogens is 309 g/mol. The van der Waals surface area contributed by atoms with Crippen LogP contribution in [0.3, 0.4) is 0 Å². The van der Waals surface area contributed by atoms with Crippen LogP contribution < -0.4 is 5.32 Å². The number of benzene rings is 1. The second kappa shape index (κ2) is 7.25. The van der Waals surface area contributed by atoms with Crippen molar-refractivity contribution in [3.8, 4) is 11.4 Å². The minimum absolute atomic E-state index is 0.326. The van der Waals surface area contributed by atoms with Gasteiger partial charge in [0.25, 0.3) is 0 Å². The van der Waals surface area contributed by atoms with Crippen LogP contribution in [0.1, 0.15) is 26.2 Å². The molecule has 0 saturated heterocycles. The topological polar surface area (TPSA) is 51.0 Å². The van der Waals surface area contributed by atoms with Crippen LogP contribution >= 0.6 is 23.2 Å². The number of nitrogens with one attached hydrogen (secondary N) is 1. The number of rotatable bonds is 6. The molecule has 1 atom stereocenters. The normalized spacial score (nSPS) is 12.9. The lowest BCUT2D eigenvalue weighted by molar-refractivity contribution is 0.345. The van der Waals surface area contributed by atoms with Gasteiger partial charge in [0, 0.05) is 18.0 Å². The summed E-state index contributed by atoms with van der Waals surface area (Å²) in [7, 11) is 1.95. The molecule has 2 aromatic rings. The summed E-state index contributed by atoms with van der Waals surface area (Å²) in [5.41, 5.74) is 0.796. The molecule has 6 heteroatoms. The van der Waals surface area contributed by atoms with E-state index in [1.807, 2.05) is 13.1 Å². The molecule has 0 aliphatic heterocycles. The van der Waals surface area contributed by atoms with E-state index in [1.54, 1.807) is 12.1 Å². The molecule has 0 spiro atoms. The molecular formula is C15H19Cl2N3O. The highest BCUT2D eigenvalue weighted by molar-refractivity contribution is 6.42. The highest BCUT2D eigenvalue weighted by Gasteiger charge is 2.15. The molecule has 2 rings (SSSR count). The van der Waals surface area contributed by atoms with E-state index in [4.69, 9.17) is 27.7 Å². The Kier molecular flexibility index (Phi) is 5.62. The van der Waals surface area contributed by atoms with Crippen molar-refractivity contribution < 1.29 is 4.52 Å². The van der Waals surface area contributed by atoms with Crippen LogP contribution in [0, 0.1) is 5.92 Å². The molecule has 0 aliphatic rings. The molecule has 0 amide bonds. The van der Waals surface area contributed by atoms with E-state index in [-0.39, 0.29) is 0 Å². The lowest BCUT2D eigenvalue weighted by Crippen LogP contribution is -2.29. The Morgan fingerprint density at radius 1 is 1.24 bits per heavy atom. The zero-order valence-corrected chi connectivity index (χ0v) is 13.9. The van der Waals surface area contributed by atoms with Gasteiger partial charge in [0.2, 0.25) is 11.7 Å². The molecule has 1 aromatic heterocycles. The summed E-state index contributed by atoms with van der Waals surface area (Å²) in [6, 6.07) is 5.62. The highest BCUT2D eigenvalue weighted by Crippen LogP contribution is 2.27. The summed E-state index contributed by atoms with van der Waals surface area (Å²) in [4.78, 5) is 4.43. The van der Waals surface area contributed by atoms with Crippen molar-refractivity contribution >= 4 is 23.2 Å². The van der Waals surface area contributed by atoms with E-state index >= 15 is 0 Å². The Hall–Kier alpha value is -1.10. The molecule has 0 radical (unpaired) electrons. The molecule has 0 aliphatic carbocycles. The van der Waals surface area contributed by atoms with Crippen molar-refractivity contribution in [2.24, 2.45) is 5.92 Å². The first-order valence-electron chi connectivity index (χ1n) is 6.95. The van der Waals surface area contributed by atoms with Gasteiger partial charge in [0.15, 0.2) is 0 Å². The summed E-state index contributed by atoms with van der Waals surface area (Å²) >= 11 is 11.9. The van der Waals surface area contributed by atoms with Gasteiger partial charge < -0.3 is 9.84 Å². The Bertz CT molecular complexity index is 598. The zero-order chi connectivity index (χ0) is 15.4. The first-order chi connectivity index (χ1) is 9.99. The van der Waals surface area contributed by atoms with E-state index in [0.29, 0.717) is 40.1 Å². The molecule has 114 valence electrons. The fourth-order valence-corrected chi connectivity index (χ4v) is 2.47. The Morgan fingerprint density at radius 3 is 2.62 bits per heavy atom. The van der Waals surface area contributed by atoms with E-state index in [9.17, 15) is 0 Å². The average molecular weight is 328 g/mol. The fraction of sp³-hybridized carbons (Fsp3) is 0.467. The predicted octanol–water partition coefficient (Wildman–Crippen LogP) is 4.22. The maximum atomic E-state index is 6.01. The Labute approximate surface area is 134 Å². The van der Waals surface area contributed by atoms with Gasteiger partial charge in [-0.3, -0.25) is 0 Å². The summed E-state index contributed by atoms with van der Waals surface area (Å²) in [6.45, 7) is 4.39. The quantitative estimate of drug-likeness (QED) is 0.862. The molecule has 1 N–H and O–H groups in total. The van der Waals surface area contributed by atoms with Crippen molar-refractivity contribution in [1.82, 2.24) is 15.5 Å². The van der Waals surface area contributed by atoms with Gasteiger partial charge in [-0.25, -0.2) is 0 Å². The third-order valence-electron chi connectivity index (χ3n) is 3.23. The molecule has 21 heavy (non-hydrogen) atoms. The third-order valence-corrected chi connectivity index (χ3v) is 3.97. The lowest BCUT2D eigenvalue weighted by atomic mass is 10.0. The van der Waals surface area contributed by atoms with Gasteiger partial charge in [0.1, 0.15) is 0 Å². The standard InChI is InChI=1S/C15H19Cl2N3O/c1-9(2)6-11(18-3)8-14-19-15(20-21-14)10-4-5-12(16)13(17)7-10/h4-5,7,9,11,18H,6,8H2,1-3H3. The monoisotopic (exact) mass is 327 g/mol. The number of halogens is 2. The number of hydrogen-bond donors (Lipinski definition) is 1. The van der Waals surface area contributed by atoms with E-state index in [0.717, 1.165) is 12.0 Å². The second-order valence-electron chi connectivity index (χ2n) is 5.46. The maximum Gasteiger partial charge on any atom is 0.228 e. The zero-order valence-electron chi connectivity index (χ0n) is 12.4. The summed E-state index contributed by atoms with van der Waals surface area (Å²) in [6.07, 6.45) is 1.77. The number of aromatic nitrogens is 2. The van der Waals surface area contributed by atoms with Crippen LogP contribution in [0.2, 0.25) is 10.0 Å². The average Bonchev–Trinajstić information content (AvgIpc) is 2.89. The molecule has 1 heterocycles. The molecule has 0 saturated carbocycles. The van der Waals surface area contributed by atoms with Gasteiger partial charge in [-0.05, 0) is 37.6 Å². The smallest absolute Gasteiger partial charge is 0.228 e. The van der Waals surface area contributed by atoms with Gasteiger partial charge in [-0.1, -0.05) is 42.2 Å². The molecule has 4 nitrogen and oxygen atoms in total. The highest BCUT2D eigenvalue weighted by atomic mass is 35.5. The molecule has 1 aromatic carbocycles. The lowest BCUT2D eigenvalue weighted by Gasteiger charge is -2.15. The van der Waals surface area contributed by atoms with Crippen LogP contribution in [0.15, 0.2) is 22.7 Å². The van der Waals surface area contributed by atoms with Crippen LogP contribution in [0.25, 0.3) is 11.4 Å². The number of likely N-dealkylation sites (N-methyl/N-ethyl adjacent to an activating group) is 1. The van der Waals surface area contributed by atoms with E-state index in [2.05, 4.69) is 29.3 Å². The number of nitrogens with zero attached hydrogens (tertiary/aromatic N) is 2. The van der Waals surface area contributed by atoms with Crippen molar-refractivity contribution in [2.45, 2.75) is 32.7 Å². The minimum Gasteiger partial charge on any atom is -0.339 e. The van der Waals surface area contributed by atoms with Gasteiger partial charge in [-0.2, -0.15) is 4.98 Å². The minimum atomic E-state index is 0.326. The van der Waals surface area contributed by atoms with Crippen molar-refractivity contribution in [1.29, 1.82) is 0 Å². The first kappa shape index (κ1) is 16.3. The maximum absolute atomic E-state index is 6.01. The predicted molar refractivity (Wildman–Crippen MR) is 85.8 cm³/mol. The van der Waals surface area contributed by atoms with Crippen LogP contribution in [0.5, 0.6) is 0 Å².